The molecule has 1 aromatic carbocycles. The summed E-state index contributed by atoms with van der Waals surface area (Å²) in [4.78, 5) is 12.3. The van der Waals surface area contributed by atoms with Gasteiger partial charge in [-0.1, -0.05) is 0 Å². The van der Waals surface area contributed by atoms with E-state index < -0.39 is 0 Å². The van der Waals surface area contributed by atoms with E-state index in [0.717, 1.165) is 19.4 Å². The van der Waals surface area contributed by atoms with Gasteiger partial charge in [0.2, 0.25) is 5.75 Å². The van der Waals surface area contributed by atoms with Crippen molar-refractivity contribution in [2.75, 3.05) is 41.1 Å². The highest BCUT2D eigenvalue weighted by Crippen LogP contribution is 2.38. The molecule has 22 heavy (non-hydrogen) atoms. The van der Waals surface area contributed by atoms with Gasteiger partial charge in [-0.3, -0.25) is 4.79 Å². The quantitative estimate of drug-likeness (QED) is 0.869. The number of hydrogen-bond donors (Lipinski definition) is 1. The molecule has 0 aromatic heterocycles. The molecule has 0 spiro atoms. The summed E-state index contributed by atoms with van der Waals surface area (Å²) in [7, 11) is 4.58. The van der Waals surface area contributed by atoms with Gasteiger partial charge in [0.05, 0.1) is 27.9 Å². The van der Waals surface area contributed by atoms with Crippen molar-refractivity contribution in [1.82, 2.24) is 5.32 Å². The third kappa shape index (κ3) is 3.82. The molecule has 0 aliphatic carbocycles. The minimum absolute atomic E-state index is 0.162. The molecule has 1 aliphatic rings. The summed E-state index contributed by atoms with van der Waals surface area (Å²) in [5.74, 6) is 1.62. The standard InChI is InChI=1S/C16H23NO5/c1-19-13-7-12(8-14(20-2)15(13)21-3)16(18)17-9-11-5-4-6-22-10-11/h7-8,11H,4-6,9-10H2,1-3H3,(H,17,18)/t11-/m1/s1. The van der Waals surface area contributed by atoms with Crippen LogP contribution in [-0.4, -0.2) is 47.0 Å². The summed E-state index contributed by atoms with van der Waals surface area (Å²) < 4.78 is 21.2. The molecule has 0 unspecified atom stereocenters. The molecular weight excluding hydrogens is 286 g/mol. The molecule has 1 aliphatic heterocycles. The number of amides is 1. The summed E-state index contributed by atoms with van der Waals surface area (Å²) in [6.45, 7) is 2.13. The van der Waals surface area contributed by atoms with Gasteiger partial charge in [-0.2, -0.15) is 0 Å². The zero-order valence-electron chi connectivity index (χ0n) is 13.3. The lowest BCUT2D eigenvalue weighted by molar-refractivity contribution is 0.0536. The molecular formula is C16H23NO5. The molecule has 1 saturated heterocycles. The molecule has 1 aromatic rings. The van der Waals surface area contributed by atoms with Crippen LogP contribution in [0, 0.1) is 5.92 Å². The molecule has 1 N–H and O–H groups in total. The second-order valence-corrected chi connectivity index (χ2v) is 5.21. The molecule has 1 amide bonds. The molecule has 1 fully saturated rings. The van der Waals surface area contributed by atoms with E-state index in [-0.39, 0.29) is 5.91 Å². The number of carbonyl (C=O) groups excluding carboxylic acids is 1. The zero-order chi connectivity index (χ0) is 15.9. The Labute approximate surface area is 130 Å². The summed E-state index contributed by atoms with van der Waals surface area (Å²) in [6.07, 6.45) is 2.13. The highest BCUT2D eigenvalue weighted by Gasteiger charge is 2.19. The number of rotatable bonds is 6. The maximum Gasteiger partial charge on any atom is 0.251 e. The van der Waals surface area contributed by atoms with Crippen LogP contribution in [-0.2, 0) is 4.74 Å². The minimum atomic E-state index is -0.162. The first-order chi connectivity index (χ1) is 10.7. The largest absolute Gasteiger partial charge is 0.493 e. The number of carbonyl (C=O) groups is 1. The Morgan fingerprint density at radius 2 is 1.91 bits per heavy atom. The van der Waals surface area contributed by atoms with E-state index in [9.17, 15) is 4.79 Å². The second kappa shape index (κ2) is 7.89. The molecule has 1 heterocycles. The second-order valence-electron chi connectivity index (χ2n) is 5.21. The van der Waals surface area contributed by atoms with Crippen molar-refractivity contribution in [3.8, 4) is 17.2 Å². The normalized spacial score (nSPS) is 17.7. The number of nitrogens with one attached hydrogen (secondary N) is 1. The fraction of sp³-hybridized carbons (Fsp3) is 0.562. The van der Waals surface area contributed by atoms with Crippen LogP contribution in [0.3, 0.4) is 0 Å². The van der Waals surface area contributed by atoms with Gasteiger partial charge in [0.25, 0.3) is 5.91 Å². The summed E-state index contributed by atoms with van der Waals surface area (Å²) in [5.41, 5.74) is 0.478. The number of hydrogen-bond acceptors (Lipinski definition) is 5. The van der Waals surface area contributed by atoms with Crippen LogP contribution in [0.4, 0.5) is 0 Å². The maximum absolute atomic E-state index is 12.3. The lowest BCUT2D eigenvalue weighted by Gasteiger charge is -2.22. The molecule has 0 saturated carbocycles. The van der Waals surface area contributed by atoms with Crippen molar-refractivity contribution in [2.24, 2.45) is 5.92 Å². The number of methoxy groups -OCH3 is 3. The van der Waals surface area contributed by atoms with E-state index in [1.165, 1.54) is 21.3 Å². The van der Waals surface area contributed by atoms with Gasteiger partial charge in [0.15, 0.2) is 11.5 Å². The van der Waals surface area contributed by atoms with Crippen molar-refractivity contribution in [1.29, 1.82) is 0 Å². The Hall–Kier alpha value is -1.95. The smallest absolute Gasteiger partial charge is 0.251 e. The Morgan fingerprint density at radius 3 is 2.41 bits per heavy atom. The van der Waals surface area contributed by atoms with Crippen molar-refractivity contribution >= 4 is 5.91 Å². The minimum Gasteiger partial charge on any atom is -0.493 e. The number of benzene rings is 1. The van der Waals surface area contributed by atoms with Gasteiger partial charge in [0.1, 0.15) is 0 Å². The first-order valence-corrected chi connectivity index (χ1v) is 7.35. The summed E-state index contributed by atoms with van der Waals surface area (Å²) >= 11 is 0. The molecule has 6 heteroatoms. The topological polar surface area (TPSA) is 66.0 Å². The number of ether oxygens (including phenoxy) is 4. The van der Waals surface area contributed by atoms with Gasteiger partial charge >= 0.3 is 0 Å². The Bertz CT molecular complexity index is 486. The Balaban J connectivity index is 2.08. The van der Waals surface area contributed by atoms with E-state index in [2.05, 4.69) is 5.32 Å². The molecule has 0 radical (unpaired) electrons. The van der Waals surface area contributed by atoms with Crippen LogP contribution in [0.2, 0.25) is 0 Å². The third-order valence-electron chi connectivity index (χ3n) is 3.73. The van der Waals surface area contributed by atoms with E-state index in [1.807, 2.05) is 0 Å². The highest BCUT2D eigenvalue weighted by atomic mass is 16.5. The van der Waals surface area contributed by atoms with Crippen molar-refractivity contribution in [2.45, 2.75) is 12.8 Å². The van der Waals surface area contributed by atoms with Crippen molar-refractivity contribution in [3.05, 3.63) is 17.7 Å². The maximum atomic E-state index is 12.3. The van der Waals surface area contributed by atoms with Gasteiger partial charge in [-0.25, -0.2) is 0 Å². The zero-order valence-corrected chi connectivity index (χ0v) is 13.3. The highest BCUT2D eigenvalue weighted by molar-refractivity contribution is 5.95. The van der Waals surface area contributed by atoms with Gasteiger partial charge in [-0.15, -0.1) is 0 Å². The molecule has 122 valence electrons. The average Bonchev–Trinajstić information content (AvgIpc) is 2.59. The fourth-order valence-electron chi connectivity index (χ4n) is 2.52. The molecule has 0 bridgehead atoms. The Kier molecular flexibility index (Phi) is 5.89. The SMILES string of the molecule is COc1cc(C(=O)NC[C@H]2CCCOC2)cc(OC)c1OC. The average molecular weight is 309 g/mol. The first-order valence-electron chi connectivity index (χ1n) is 7.35. The van der Waals surface area contributed by atoms with Crippen LogP contribution in [0.25, 0.3) is 0 Å². The van der Waals surface area contributed by atoms with E-state index in [4.69, 9.17) is 18.9 Å². The predicted molar refractivity (Wildman–Crippen MR) is 82.0 cm³/mol. The summed E-state index contributed by atoms with van der Waals surface area (Å²) in [6, 6.07) is 3.29. The molecule has 1 atom stereocenters. The lowest BCUT2D eigenvalue weighted by atomic mass is 10.0. The van der Waals surface area contributed by atoms with Gasteiger partial charge in [0, 0.05) is 18.7 Å². The van der Waals surface area contributed by atoms with E-state index >= 15 is 0 Å². The fourth-order valence-corrected chi connectivity index (χ4v) is 2.52. The monoisotopic (exact) mass is 309 g/mol. The van der Waals surface area contributed by atoms with E-state index in [0.29, 0.717) is 41.9 Å². The van der Waals surface area contributed by atoms with Crippen molar-refractivity contribution < 1.29 is 23.7 Å². The Morgan fingerprint density at radius 1 is 1.23 bits per heavy atom. The van der Waals surface area contributed by atoms with Gasteiger partial charge < -0.3 is 24.3 Å². The van der Waals surface area contributed by atoms with Crippen molar-refractivity contribution in [3.63, 3.8) is 0 Å². The predicted octanol–water partition coefficient (Wildman–Crippen LogP) is 1.87. The summed E-state index contributed by atoms with van der Waals surface area (Å²) in [5, 5.41) is 2.94. The third-order valence-corrected chi connectivity index (χ3v) is 3.73. The van der Waals surface area contributed by atoms with Crippen LogP contribution in [0.5, 0.6) is 17.2 Å². The lowest BCUT2D eigenvalue weighted by Crippen LogP contribution is -2.33. The van der Waals surface area contributed by atoms with Gasteiger partial charge in [-0.05, 0) is 30.9 Å². The van der Waals surface area contributed by atoms with Crippen LogP contribution in [0.15, 0.2) is 12.1 Å². The molecule has 2 rings (SSSR count). The first kappa shape index (κ1) is 16.4. The molecule has 6 nitrogen and oxygen atoms in total. The van der Waals surface area contributed by atoms with Crippen LogP contribution >= 0.6 is 0 Å². The van der Waals surface area contributed by atoms with E-state index in [1.54, 1.807) is 12.1 Å². The van der Waals surface area contributed by atoms with Crippen LogP contribution in [0.1, 0.15) is 23.2 Å². The van der Waals surface area contributed by atoms with Crippen LogP contribution < -0.4 is 19.5 Å².